The Morgan fingerprint density at radius 2 is 2.12 bits per heavy atom. The molecular weight excluding hydrogens is 343 g/mol. The molecule has 0 spiro atoms. The van der Waals surface area contributed by atoms with Gasteiger partial charge in [0.05, 0.1) is 0 Å². The van der Waals surface area contributed by atoms with Gasteiger partial charge < -0.3 is 14.7 Å². The summed E-state index contributed by atoms with van der Waals surface area (Å²) in [5.74, 6) is -0.207. The maximum Gasteiger partial charge on any atom is 0.235 e. The van der Waals surface area contributed by atoms with Crippen molar-refractivity contribution in [3.05, 3.63) is 46.9 Å². The van der Waals surface area contributed by atoms with Crippen molar-refractivity contribution >= 4 is 16.3 Å². The lowest BCUT2D eigenvalue weighted by atomic mass is 10.0. The third-order valence-corrected chi connectivity index (χ3v) is 5.65. The van der Waals surface area contributed by atoms with Crippen molar-refractivity contribution in [1.29, 1.82) is 0 Å². The van der Waals surface area contributed by atoms with Crippen molar-refractivity contribution in [1.82, 2.24) is 14.6 Å². The third kappa shape index (κ3) is 3.01. The lowest BCUT2D eigenvalue weighted by Gasteiger charge is -2.37. The number of thiazole rings is 1. The minimum Gasteiger partial charge on any atom is -0.492 e. The molecule has 8 heteroatoms. The van der Waals surface area contributed by atoms with Gasteiger partial charge in [-0.1, -0.05) is 23.5 Å². The number of nitrogens with one attached hydrogen (secondary N) is 1. The zero-order chi connectivity index (χ0) is 17.6. The first-order valence-corrected chi connectivity index (χ1v) is 9.11. The van der Waals surface area contributed by atoms with E-state index < -0.39 is 0 Å². The molecule has 1 aromatic carbocycles. The van der Waals surface area contributed by atoms with Crippen LogP contribution in [0.15, 0.2) is 30.6 Å². The molecule has 2 aromatic heterocycles. The fourth-order valence-corrected chi connectivity index (χ4v) is 4.81. The van der Waals surface area contributed by atoms with Crippen LogP contribution in [0.3, 0.4) is 0 Å². The smallest absolute Gasteiger partial charge is 0.235 e. The summed E-state index contributed by atoms with van der Waals surface area (Å²) in [6, 6.07) is 6.39. The van der Waals surface area contributed by atoms with Gasteiger partial charge in [-0.2, -0.15) is 9.61 Å². The van der Waals surface area contributed by atoms with Crippen LogP contribution in [0.1, 0.15) is 30.3 Å². The van der Waals surface area contributed by atoms with Crippen LogP contribution in [0.2, 0.25) is 0 Å². The van der Waals surface area contributed by atoms with Crippen LogP contribution in [0.4, 0.5) is 4.39 Å². The Balaban J connectivity index is 1.83. The number of hydrogen-bond acceptors (Lipinski definition) is 5. The van der Waals surface area contributed by atoms with Gasteiger partial charge in [0.1, 0.15) is 42.3 Å². The second-order valence-electron chi connectivity index (χ2n) is 6.56. The molecule has 4 atom stereocenters. The Morgan fingerprint density at radius 3 is 2.80 bits per heavy atom. The SMILES string of the molecule is C[C@@H]1C[NH+]([C@@H](c2cccc(F)c2)c2sc3ncnn3c2O)C[C@H](C)O1. The fourth-order valence-electron chi connectivity index (χ4n) is 3.69. The Morgan fingerprint density at radius 1 is 1.36 bits per heavy atom. The summed E-state index contributed by atoms with van der Waals surface area (Å²) in [5, 5.41) is 14.7. The van der Waals surface area contributed by atoms with Gasteiger partial charge in [-0.3, -0.25) is 0 Å². The fraction of sp³-hybridized carbons (Fsp3) is 0.412. The normalized spacial score (nSPS) is 25.3. The summed E-state index contributed by atoms with van der Waals surface area (Å²) in [6.07, 6.45) is 1.61. The molecule has 1 fully saturated rings. The van der Waals surface area contributed by atoms with E-state index in [-0.39, 0.29) is 29.9 Å². The van der Waals surface area contributed by atoms with Crippen LogP contribution < -0.4 is 4.90 Å². The molecule has 2 N–H and O–H groups in total. The first-order chi connectivity index (χ1) is 12.0. The highest BCUT2D eigenvalue weighted by Crippen LogP contribution is 2.35. The second-order valence-corrected chi connectivity index (χ2v) is 7.57. The molecular formula is C17H20FN4O2S+. The van der Waals surface area contributed by atoms with Gasteiger partial charge >= 0.3 is 0 Å². The van der Waals surface area contributed by atoms with Gasteiger partial charge in [-0.15, -0.1) is 0 Å². The molecule has 0 amide bonds. The van der Waals surface area contributed by atoms with Gasteiger partial charge in [-0.05, 0) is 26.0 Å². The van der Waals surface area contributed by atoms with Gasteiger partial charge in [0.15, 0.2) is 6.04 Å². The summed E-state index contributed by atoms with van der Waals surface area (Å²) < 4.78 is 21.2. The lowest BCUT2D eigenvalue weighted by molar-refractivity contribution is -0.939. The van der Waals surface area contributed by atoms with Crippen LogP contribution in [0.5, 0.6) is 5.88 Å². The number of nitrogens with zero attached hydrogens (tertiary/aromatic N) is 3. The molecule has 25 heavy (non-hydrogen) atoms. The molecule has 132 valence electrons. The standard InChI is InChI=1S/C17H19FN4O2S/c1-10-7-21(8-11(2)24-10)14(12-4-3-5-13(18)6-12)15-16(23)22-17(25-15)19-9-20-22/h3-6,9-11,14,23H,7-8H2,1-2H3/p+1/t10-,11+,14-/m0/s1. The van der Waals surface area contributed by atoms with Crippen LogP contribution >= 0.6 is 11.3 Å². The van der Waals surface area contributed by atoms with E-state index in [1.807, 2.05) is 19.9 Å². The van der Waals surface area contributed by atoms with E-state index in [1.54, 1.807) is 6.07 Å². The summed E-state index contributed by atoms with van der Waals surface area (Å²) >= 11 is 1.39. The molecule has 1 aliphatic rings. The number of rotatable bonds is 3. The molecule has 3 heterocycles. The van der Waals surface area contributed by atoms with E-state index in [1.165, 1.54) is 39.2 Å². The minimum atomic E-state index is -0.282. The number of fused-ring (bicyclic) bond motifs is 1. The summed E-state index contributed by atoms with van der Waals surface area (Å²) in [6.45, 7) is 5.64. The molecule has 1 saturated heterocycles. The summed E-state index contributed by atoms with van der Waals surface area (Å²) in [4.78, 5) is 6.78. The Bertz CT molecular complexity index is 886. The van der Waals surface area contributed by atoms with Gasteiger partial charge in [0, 0.05) is 5.56 Å². The number of ether oxygens (including phenoxy) is 1. The first-order valence-electron chi connectivity index (χ1n) is 8.30. The lowest BCUT2D eigenvalue weighted by Crippen LogP contribution is -3.15. The van der Waals surface area contributed by atoms with E-state index in [0.29, 0.717) is 4.96 Å². The number of benzene rings is 1. The number of hydrogen-bond donors (Lipinski definition) is 2. The van der Waals surface area contributed by atoms with Gasteiger partial charge in [0.25, 0.3) is 0 Å². The molecule has 4 rings (SSSR count). The highest BCUT2D eigenvalue weighted by molar-refractivity contribution is 7.17. The average molecular weight is 363 g/mol. The largest absolute Gasteiger partial charge is 0.492 e. The molecule has 0 aliphatic carbocycles. The average Bonchev–Trinajstić information content (AvgIpc) is 3.11. The molecule has 0 radical (unpaired) electrons. The monoisotopic (exact) mass is 363 g/mol. The Kier molecular flexibility index (Phi) is 4.18. The van der Waals surface area contributed by atoms with Crippen LogP contribution in [0, 0.1) is 5.82 Å². The molecule has 6 nitrogen and oxygen atoms in total. The molecule has 1 aliphatic heterocycles. The van der Waals surface area contributed by atoms with Gasteiger partial charge in [0.2, 0.25) is 10.8 Å². The van der Waals surface area contributed by atoms with Gasteiger partial charge in [-0.25, -0.2) is 9.37 Å². The molecule has 0 saturated carbocycles. The number of aromatic nitrogens is 3. The minimum absolute atomic E-state index is 0.0751. The maximum atomic E-state index is 13.9. The zero-order valence-electron chi connectivity index (χ0n) is 14.0. The maximum absolute atomic E-state index is 13.9. The van der Waals surface area contributed by atoms with E-state index >= 15 is 0 Å². The third-order valence-electron chi connectivity index (χ3n) is 4.56. The second kappa shape index (κ2) is 6.36. The van der Waals surface area contributed by atoms with Crippen LogP contribution in [-0.2, 0) is 4.74 Å². The predicted molar refractivity (Wildman–Crippen MR) is 91.5 cm³/mol. The van der Waals surface area contributed by atoms with Crippen LogP contribution in [-0.4, -0.2) is 45.0 Å². The van der Waals surface area contributed by atoms with Crippen LogP contribution in [0.25, 0.3) is 4.96 Å². The van der Waals surface area contributed by atoms with E-state index in [0.717, 1.165) is 23.5 Å². The number of aromatic hydroxyl groups is 1. The quantitative estimate of drug-likeness (QED) is 0.739. The number of halogens is 1. The van der Waals surface area contributed by atoms with E-state index in [4.69, 9.17) is 4.74 Å². The Labute approximate surface area is 148 Å². The molecule has 1 unspecified atom stereocenters. The number of quaternary nitrogens is 1. The van der Waals surface area contributed by atoms with E-state index in [9.17, 15) is 9.50 Å². The van der Waals surface area contributed by atoms with Crippen molar-refractivity contribution in [3.8, 4) is 5.88 Å². The van der Waals surface area contributed by atoms with Crippen molar-refractivity contribution in [3.63, 3.8) is 0 Å². The predicted octanol–water partition coefficient (Wildman–Crippen LogP) is 1.42. The highest BCUT2D eigenvalue weighted by atomic mass is 32.1. The van der Waals surface area contributed by atoms with Crippen molar-refractivity contribution < 1.29 is 19.1 Å². The first kappa shape index (κ1) is 16.4. The van der Waals surface area contributed by atoms with E-state index in [2.05, 4.69) is 10.1 Å². The van der Waals surface area contributed by atoms with Crippen molar-refractivity contribution in [2.45, 2.75) is 32.1 Å². The topological polar surface area (TPSA) is 64.1 Å². The Hall–Kier alpha value is -2.03. The number of morpholine rings is 1. The van der Waals surface area contributed by atoms with Crippen molar-refractivity contribution in [2.75, 3.05) is 13.1 Å². The molecule has 3 aromatic rings. The highest BCUT2D eigenvalue weighted by Gasteiger charge is 2.37. The molecule has 0 bridgehead atoms. The summed E-state index contributed by atoms with van der Waals surface area (Å²) in [7, 11) is 0. The van der Waals surface area contributed by atoms with Crippen molar-refractivity contribution in [2.24, 2.45) is 0 Å². The summed E-state index contributed by atoms with van der Waals surface area (Å²) in [5.41, 5.74) is 0.830. The zero-order valence-corrected chi connectivity index (χ0v) is 14.8.